The molecule has 21 heavy (non-hydrogen) atoms. The number of likely N-dealkylation sites (tertiary alicyclic amines) is 1. The number of benzene rings is 1. The van der Waals surface area contributed by atoms with E-state index in [2.05, 4.69) is 15.9 Å². The van der Waals surface area contributed by atoms with Crippen LogP contribution in [0.3, 0.4) is 0 Å². The van der Waals surface area contributed by atoms with Crippen molar-refractivity contribution in [2.24, 2.45) is 5.92 Å². The minimum atomic E-state index is -0.0334. The van der Waals surface area contributed by atoms with Gasteiger partial charge in [0.05, 0.1) is 0 Å². The van der Waals surface area contributed by atoms with Crippen LogP contribution in [0.1, 0.15) is 23.2 Å². The van der Waals surface area contributed by atoms with Crippen molar-refractivity contribution in [3.63, 3.8) is 0 Å². The summed E-state index contributed by atoms with van der Waals surface area (Å²) in [7, 11) is 3.53. The third kappa shape index (κ3) is 3.98. The van der Waals surface area contributed by atoms with Gasteiger partial charge in [0.2, 0.25) is 5.91 Å². The number of hydrogen-bond donors (Lipinski definition) is 0. The molecular weight excluding hydrogens is 356 g/mol. The van der Waals surface area contributed by atoms with Gasteiger partial charge in [-0.25, -0.2) is 0 Å². The summed E-state index contributed by atoms with van der Waals surface area (Å²) in [4.78, 5) is 27.8. The van der Waals surface area contributed by atoms with Crippen LogP contribution < -0.4 is 0 Å². The van der Waals surface area contributed by atoms with Gasteiger partial charge in [-0.3, -0.25) is 9.59 Å². The molecule has 1 aromatic rings. The van der Waals surface area contributed by atoms with Crippen LogP contribution in [0.15, 0.2) is 22.7 Å². The van der Waals surface area contributed by atoms with E-state index in [0.29, 0.717) is 36.5 Å². The first-order chi connectivity index (χ1) is 9.88. The van der Waals surface area contributed by atoms with Gasteiger partial charge in [0.25, 0.3) is 5.91 Å². The molecule has 0 N–H and O–H groups in total. The topological polar surface area (TPSA) is 40.6 Å². The maximum atomic E-state index is 12.5. The highest BCUT2D eigenvalue weighted by molar-refractivity contribution is 9.10. The number of amides is 2. The molecule has 1 aliphatic heterocycles. The molecule has 1 fully saturated rings. The Labute approximate surface area is 138 Å². The van der Waals surface area contributed by atoms with Crippen LogP contribution in [-0.4, -0.2) is 48.8 Å². The predicted octanol–water partition coefficient (Wildman–Crippen LogP) is 3.04. The van der Waals surface area contributed by atoms with Crippen LogP contribution in [0.4, 0.5) is 0 Å². The molecule has 0 unspecified atom stereocenters. The molecule has 1 heterocycles. The molecule has 0 bridgehead atoms. The Kier molecular flexibility index (Phi) is 5.27. The Balaban J connectivity index is 2.02. The van der Waals surface area contributed by atoms with Crippen molar-refractivity contribution in [1.82, 2.24) is 9.80 Å². The molecule has 1 aliphatic rings. The van der Waals surface area contributed by atoms with Gasteiger partial charge >= 0.3 is 0 Å². The SMILES string of the molecule is CN(C)C(=O)C1CCN(C(=O)c2cc(Cl)cc(Br)c2)CC1. The van der Waals surface area contributed by atoms with Gasteiger partial charge in [-0.1, -0.05) is 27.5 Å². The maximum Gasteiger partial charge on any atom is 0.253 e. The molecule has 0 spiro atoms. The van der Waals surface area contributed by atoms with Crippen LogP contribution in [-0.2, 0) is 4.79 Å². The van der Waals surface area contributed by atoms with Crippen LogP contribution in [0.25, 0.3) is 0 Å². The number of carbonyl (C=O) groups is 2. The zero-order valence-electron chi connectivity index (χ0n) is 12.1. The van der Waals surface area contributed by atoms with Crippen LogP contribution in [0, 0.1) is 5.92 Å². The monoisotopic (exact) mass is 372 g/mol. The summed E-state index contributed by atoms with van der Waals surface area (Å²) in [6, 6.07) is 5.19. The summed E-state index contributed by atoms with van der Waals surface area (Å²) in [5.41, 5.74) is 0.576. The summed E-state index contributed by atoms with van der Waals surface area (Å²) in [5, 5.41) is 0.533. The van der Waals surface area contributed by atoms with E-state index in [1.165, 1.54) is 0 Å². The van der Waals surface area contributed by atoms with E-state index in [1.807, 2.05) is 0 Å². The van der Waals surface area contributed by atoms with Crippen molar-refractivity contribution < 1.29 is 9.59 Å². The van der Waals surface area contributed by atoms with Gasteiger partial charge in [0.15, 0.2) is 0 Å². The van der Waals surface area contributed by atoms with Gasteiger partial charge in [-0.2, -0.15) is 0 Å². The predicted molar refractivity (Wildman–Crippen MR) is 86.5 cm³/mol. The Hall–Kier alpha value is -1.07. The first-order valence-electron chi connectivity index (χ1n) is 6.85. The number of piperidine rings is 1. The highest BCUT2D eigenvalue weighted by Gasteiger charge is 2.28. The van der Waals surface area contributed by atoms with Crippen molar-refractivity contribution in [3.05, 3.63) is 33.3 Å². The lowest BCUT2D eigenvalue weighted by Crippen LogP contribution is -2.42. The molecule has 4 nitrogen and oxygen atoms in total. The van der Waals surface area contributed by atoms with Crippen LogP contribution in [0.2, 0.25) is 5.02 Å². The van der Waals surface area contributed by atoms with E-state index in [0.717, 1.165) is 4.47 Å². The Morgan fingerprint density at radius 1 is 1.24 bits per heavy atom. The lowest BCUT2D eigenvalue weighted by Gasteiger charge is -2.32. The number of rotatable bonds is 2. The van der Waals surface area contributed by atoms with Gasteiger partial charge in [0.1, 0.15) is 0 Å². The minimum Gasteiger partial charge on any atom is -0.349 e. The third-order valence-electron chi connectivity index (χ3n) is 3.68. The van der Waals surface area contributed by atoms with Crippen molar-refractivity contribution in [2.45, 2.75) is 12.8 Å². The Bertz CT molecular complexity index is 534. The maximum absolute atomic E-state index is 12.5. The molecule has 1 saturated heterocycles. The van der Waals surface area contributed by atoms with E-state index >= 15 is 0 Å². The fourth-order valence-corrected chi connectivity index (χ4v) is 3.41. The van der Waals surface area contributed by atoms with E-state index < -0.39 is 0 Å². The lowest BCUT2D eigenvalue weighted by atomic mass is 9.95. The normalized spacial score (nSPS) is 15.9. The van der Waals surface area contributed by atoms with Gasteiger partial charge < -0.3 is 9.80 Å². The quantitative estimate of drug-likeness (QED) is 0.799. The molecular formula is C15H18BrClN2O2. The van der Waals surface area contributed by atoms with Crippen molar-refractivity contribution in [2.75, 3.05) is 27.2 Å². The van der Waals surface area contributed by atoms with E-state index in [9.17, 15) is 9.59 Å². The Morgan fingerprint density at radius 2 is 1.86 bits per heavy atom. The van der Waals surface area contributed by atoms with E-state index in [-0.39, 0.29) is 17.7 Å². The first kappa shape index (κ1) is 16.3. The third-order valence-corrected chi connectivity index (χ3v) is 4.36. The van der Waals surface area contributed by atoms with E-state index in [1.54, 1.807) is 42.1 Å². The van der Waals surface area contributed by atoms with E-state index in [4.69, 9.17) is 11.6 Å². The highest BCUT2D eigenvalue weighted by atomic mass is 79.9. The molecule has 2 amide bonds. The van der Waals surface area contributed by atoms with Crippen LogP contribution >= 0.6 is 27.5 Å². The largest absolute Gasteiger partial charge is 0.349 e. The van der Waals surface area contributed by atoms with Crippen molar-refractivity contribution in [1.29, 1.82) is 0 Å². The molecule has 114 valence electrons. The fourth-order valence-electron chi connectivity index (χ4n) is 2.55. The van der Waals surface area contributed by atoms with Crippen molar-refractivity contribution in [3.8, 4) is 0 Å². The number of carbonyl (C=O) groups excluding carboxylic acids is 2. The number of nitrogens with zero attached hydrogens (tertiary/aromatic N) is 2. The second kappa shape index (κ2) is 6.79. The number of hydrogen-bond acceptors (Lipinski definition) is 2. The second-order valence-corrected chi connectivity index (χ2v) is 6.81. The molecule has 2 rings (SSSR count). The summed E-state index contributed by atoms with van der Waals surface area (Å²) >= 11 is 9.33. The molecule has 0 aromatic heterocycles. The second-order valence-electron chi connectivity index (χ2n) is 5.46. The first-order valence-corrected chi connectivity index (χ1v) is 8.02. The standard InChI is InChI=1S/C15H18BrClN2O2/c1-18(2)14(20)10-3-5-19(6-4-10)15(21)11-7-12(16)9-13(17)8-11/h7-10H,3-6H2,1-2H3. The zero-order chi connectivity index (χ0) is 15.6. The molecule has 1 aromatic carbocycles. The number of halogens is 2. The average molecular weight is 374 g/mol. The summed E-state index contributed by atoms with van der Waals surface area (Å²) < 4.78 is 0.788. The van der Waals surface area contributed by atoms with Gasteiger partial charge in [-0.15, -0.1) is 0 Å². The molecule has 0 aliphatic carbocycles. The minimum absolute atomic E-state index is 0.0233. The fraction of sp³-hybridized carbons (Fsp3) is 0.467. The average Bonchev–Trinajstić information content (AvgIpc) is 2.44. The van der Waals surface area contributed by atoms with Gasteiger partial charge in [0, 0.05) is 48.2 Å². The molecule has 6 heteroatoms. The smallest absolute Gasteiger partial charge is 0.253 e. The summed E-state index contributed by atoms with van der Waals surface area (Å²) in [6.07, 6.45) is 1.43. The highest BCUT2D eigenvalue weighted by Crippen LogP contribution is 2.24. The zero-order valence-corrected chi connectivity index (χ0v) is 14.4. The molecule has 0 saturated carbocycles. The Morgan fingerprint density at radius 3 is 2.38 bits per heavy atom. The summed E-state index contributed by atoms with van der Waals surface area (Å²) in [6.45, 7) is 1.21. The van der Waals surface area contributed by atoms with Gasteiger partial charge in [-0.05, 0) is 31.0 Å². The van der Waals surface area contributed by atoms with Crippen molar-refractivity contribution >= 4 is 39.3 Å². The lowest BCUT2D eigenvalue weighted by molar-refractivity contribution is -0.134. The summed E-state index contributed by atoms with van der Waals surface area (Å²) in [5.74, 6) is 0.136. The van der Waals surface area contributed by atoms with Crippen LogP contribution in [0.5, 0.6) is 0 Å². The molecule has 0 radical (unpaired) electrons. The molecule has 0 atom stereocenters.